The van der Waals surface area contributed by atoms with Gasteiger partial charge in [-0.3, -0.25) is 14.2 Å². The van der Waals surface area contributed by atoms with Crippen molar-refractivity contribution < 1.29 is 4.79 Å². The molecule has 0 bridgehead atoms. The lowest BCUT2D eigenvalue weighted by Gasteiger charge is -2.14. The predicted molar refractivity (Wildman–Crippen MR) is 130 cm³/mol. The molecule has 0 aliphatic rings. The molecule has 1 N–H and O–H groups in total. The first-order valence-corrected chi connectivity index (χ1v) is 11.3. The smallest absolute Gasteiger partial charge is 0.325 e. The fraction of sp³-hybridized carbons (Fsp3) is 0.240. The molecule has 0 saturated heterocycles. The first kappa shape index (κ1) is 21.8. The highest BCUT2D eigenvalue weighted by atomic mass is 32.1. The van der Waals surface area contributed by atoms with Crippen LogP contribution in [0.5, 0.6) is 0 Å². The maximum absolute atomic E-state index is 13.4. The Morgan fingerprint density at radius 3 is 2.44 bits per heavy atom. The van der Waals surface area contributed by atoms with Gasteiger partial charge in [-0.25, -0.2) is 9.36 Å². The highest BCUT2D eigenvalue weighted by Gasteiger charge is 2.18. The lowest BCUT2D eigenvalue weighted by Crippen LogP contribution is -2.40. The molecule has 0 atom stereocenters. The highest BCUT2D eigenvalue weighted by Crippen LogP contribution is 2.20. The van der Waals surface area contributed by atoms with Crippen molar-refractivity contribution in [1.82, 2.24) is 9.13 Å². The molecular formula is C25H25N3O3S. The van der Waals surface area contributed by atoms with Gasteiger partial charge in [0, 0.05) is 5.69 Å². The summed E-state index contributed by atoms with van der Waals surface area (Å²) in [5, 5.41) is 4.61. The molecule has 2 heterocycles. The summed E-state index contributed by atoms with van der Waals surface area (Å²) in [4.78, 5) is 39.4. The Morgan fingerprint density at radius 2 is 1.75 bits per heavy atom. The zero-order chi connectivity index (χ0) is 23.0. The van der Waals surface area contributed by atoms with E-state index < -0.39 is 5.69 Å². The number of fused-ring (bicyclic) bond motifs is 1. The summed E-state index contributed by atoms with van der Waals surface area (Å²) in [6.45, 7) is 7.79. The van der Waals surface area contributed by atoms with Crippen molar-refractivity contribution in [3.8, 4) is 5.69 Å². The van der Waals surface area contributed by atoms with E-state index in [1.165, 1.54) is 26.0 Å². The van der Waals surface area contributed by atoms with Gasteiger partial charge in [0.15, 0.2) is 0 Å². The molecule has 4 rings (SSSR count). The summed E-state index contributed by atoms with van der Waals surface area (Å²) in [6.07, 6.45) is 0. The number of aromatic nitrogens is 2. The van der Waals surface area contributed by atoms with Gasteiger partial charge in [0.05, 0.1) is 11.2 Å². The van der Waals surface area contributed by atoms with E-state index in [1.807, 2.05) is 56.3 Å². The maximum Gasteiger partial charge on any atom is 0.336 e. The van der Waals surface area contributed by atoms with Crippen LogP contribution in [0.15, 0.2) is 63.5 Å². The lowest BCUT2D eigenvalue weighted by atomic mass is 10.0. The molecule has 32 heavy (non-hydrogen) atoms. The van der Waals surface area contributed by atoms with E-state index in [9.17, 15) is 14.4 Å². The molecule has 0 unspecified atom stereocenters. The number of hydrogen-bond acceptors (Lipinski definition) is 4. The van der Waals surface area contributed by atoms with E-state index in [-0.39, 0.29) is 18.0 Å². The van der Waals surface area contributed by atoms with E-state index in [4.69, 9.17) is 0 Å². The number of hydrogen-bond donors (Lipinski definition) is 1. The van der Waals surface area contributed by atoms with Gasteiger partial charge in [-0.15, -0.1) is 11.3 Å². The second kappa shape index (κ2) is 8.59. The van der Waals surface area contributed by atoms with Crippen LogP contribution in [-0.4, -0.2) is 15.0 Å². The normalized spacial score (nSPS) is 11.3. The number of rotatable bonds is 5. The van der Waals surface area contributed by atoms with Gasteiger partial charge >= 0.3 is 5.69 Å². The number of amides is 1. The third kappa shape index (κ3) is 4.03. The largest absolute Gasteiger partial charge is 0.336 e. The summed E-state index contributed by atoms with van der Waals surface area (Å²) < 4.78 is 2.98. The van der Waals surface area contributed by atoms with Gasteiger partial charge in [-0.05, 0) is 66.1 Å². The number of carbonyl (C=O) groups excluding carboxylic acids is 1. The molecule has 7 heteroatoms. The predicted octanol–water partition coefficient (Wildman–Crippen LogP) is 4.59. The van der Waals surface area contributed by atoms with Crippen LogP contribution in [0, 0.1) is 13.8 Å². The number of benzene rings is 2. The van der Waals surface area contributed by atoms with E-state index >= 15 is 0 Å². The van der Waals surface area contributed by atoms with Gasteiger partial charge in [0.2, 0.25) is 5.91 Å². The molecular weight excluding hydrogens is 422 g/mol. The van der Waals surface area contributed by atoms with Crippen LogP contribution in [0.4, 0.5) is 5.69 Å². The van der Waals surface area contributed by atoms with Crippen LogP contribution in [0.3, 0.4) is 0 Å². The molecule has 164 valence electrons. The zero-order valence-corrected chi connectivity index (χ0v) is 19.3. The number of carbonyl (C=O) groups is 1. The van der Waals surface area contributed by atoms with Crippen LogP contribution >= 0.6 is 11.3 Å². The Morgan fingerprint density at radius 1 is 1.03 bits per heavy atom. The topological polar surface area (TPSA) is 73.1 Å². The minimum absolute atomic E-state index is 0.191. The Labute approximate surface area is 189 Å². The van der Waals surface area contributed by atoms with Crippen LogP contribution in [0.2, 0.25) is 0 Å². The second-order valence-corrected chi connectivity index (χ2v) is 9.18. The minimum atomic E-state index is -0.528. The molecule has 1 amide bonds. The van der Waals surface area contributed by atoms with E-state index in [0.29, 0.717) is 27.5 Å². The third-order valence-corrected chi connectivity index (χ3v) is 6.41. The monoisotopic (exact) mass is 447 g/mol. The quantitative estimate of drug-likeness (QED) is 0.486. The molecule has 2 aromatic heterocycles. The van der Waals surface area contributed by atoms with Crippen LogP contribution in [-0.2, 0) is 11.3 Å². The Hall–Kier alpha value is -3.45. The van der Waals surface area contributed by atoms with Crippen molar-refractivity contribution in [2.45, 2.75) is 40.2 Å². The molecule has 0 spiro atoms. The Kier molecular flexibility index (Phi) is 5.84. The standard InChI is InChI=1S/C25H25N3O3S/c1-15(2)18-7-9-19(10-8-18)26-22(29)14-27-20-11-12-32-23(20)24(30)28(25(27)31)21-13-16(3)5-6-17(21)4/h5-13,15H,14H2,1-4H3,(H,26,29). The van der Waals surface area contributed by atoms with Crippen molar-refractivity contribution in [3.63, 3.8) is 0 Å². The van der Waals surface area contributed by atoms with Crippen LogP contribution in [0.25, 0.3) is 15.9 Å². The number of thiophene rings is 1. The molecule has 6 nitrogen and oxygen atoms in total. The highest BCUT2D eigenvalue weighted by molar-refractivity contribution is 7.17. The third-order valence-electron chi connectivity index (χ3n) is 5.52. The second-order valence-electron chi connectivity index (χ2n) is 8.26. The van der Waals surface area contributed by atoms with Gasteiger partial charge in [0.1, 0.15) is 11.2 Å². The summed E-state index contributed by atoms with van der Waals surface area (Å²) in [5.41, 5.74) is 3.71. The van der Waals surface area contributed by atoms with Gasteiger partial charge < -0.3 is 5.32 Å². The van der Waals surface area contributed by atoms with Gasteiger partial charge in [0.25, 0.3) is 5.56 Å². The number of aryl methyl sites for hydroxylation is 2. The molecule has 2 aromatic carbocycles. The fourth-order valence-electron chi connectivity index (χ4n) is 3.71. The average molecular weight is 448 g/mol. The van der Waals surface area contributed by atoms with Crippen molar-refractivity contribution in [3.05, 3.63) is 91.4 Å². The maximum atomic E-state index is 13.4. The van der Waals surface area contributed by atoms with Crippen molar-refractivity contribution in [1.29, 1.82) is 0 Å². The fourth-order valence-corrected chi connectivity index (χ4v) is 4.53. The summed E-state index contributed by atoms with van der Waals surface area (Å²) in [6, 6.07) is 15.0. The first-order chi connectivity index (χ1) is 15.3. The van der Waals surface area contributed by atoms with Crippen molar-refractivity contribution in [2.75, 3.05) is 5.32 Å². The Bertz CT molecular complexity index is 1430. The van der Waals surface area contributed by atoms with Gasteiger partial charge in [-0.1, -0.05) is 38.1 Å². The lowest BCUT2D eigenvalue weighted by molar-refractivity contribution is -0.116. The SMILES string of the molecule is Cc1ccc(C)c(-n2c(=O)c3sccc3n(CC(=O)Nc3ccc(C(C)C)cc3)c2=O)c1. The molecule has 0 aliphatic carbocycles. The Balaban J connectivity index is 1.75. The first-order valence-electron chi connectivity index (χ1n) is 10.5. The number of anilines is 1. The van der Waals surface area contributed by atoms with Gasteiger partial charge in [-0.2, -0.15) is 0 Å². The molecule has 0 aliphatic heterocycles. The zero-order valence-electron chi connectivity index (χ0n) is 18.5. The average Bonchev–Trinajstić information content (AvgIpc) is 3.24. The minimum Gasteiger partial charge on any atom is -0.325 e. The van der Waals surface area contributed by atoms with E-state index in [0.717, 1.165) is 11.1 Å². The summed E-state index contributed by atoms with van der Waals surface area (Å²) >= 11 is 1.27. The number of nitrogens with one attached hydrogen (secondary N) is 1. The van der Waals surface area contributed by atoms with E-state index in [2.05, 4.69) is 19.2 Å². The van der Waals surface area contributed by atoms with Crippen LogP contribution < -0.4 is 16.6 Å². The van der Waals surface area contributed by atoms with E-state index in [1.54, 1.807) is 11.4 Å². The summed E-state index contributed by atoms with van der Waals surface area (Å²) in [7, 11) is 0. The molecule has 0 fully saturated rings. The number of nitrogens with zero attached hydrogens (tertiary/aromatic N) is 2. The van der Waals surface area contributed by atoms with Crippen LogP contribution in [0.1, 0.15) is 36.5 Å². The molecule has 4 aromatic rings. The summed E-state index contributed by atoms with van der Waals surface area (Å²) in [5.74, 6) is 0.0689. The molecule has 0 radical (unpaired) electrons. The molecule has 0 saturated carbocycles. The van der Waals surface area contributed by atoms with Crippen molar-refractivity contribution >= 4 is 33.1 Å². The van der Waals surface area contributed by atoms with Crippen molar-refractivity contribution in [2.24, 2.45) is 0 Å².